The van der Waals surface area contributed by atoms with E-state index in [1.165, 1.54) is 7.11 Å². The first-order valence-electron chi connectivity index (χ1n) is 9.35. The van der Waals surface area contributed by atoms with Crippen LogP contribution in [0.5, 0.6) is 0 Å². The van der Waals surface area contributed by atoms with Crippen molar-refractivity contribution in [3.8, 4) is 0 Å². The molecule has 0 unspecified atom stereocenters. The van der Waals surface area contributed by atoms with E-state index in [0.717, 1.165) is 16.2 Å². The van der Waals surface area contributed by atoms with E-state index in [9.17, 15) is 9.59 Å². The highest BCUT2D eigenvalue weighted by Crippen LogP contribution is 2.20. The molecule has 0 aliphatic heterocycles. The Morgan fingerprint density at radius 1 is 0.793 bits per heavy atom. The molecule has 3 aromatic carbocycles. The molecule has 0 saturated carbocycles. The second-order valence-corrected chi connectivity index (χ2v) is 6.52. The lowest BCUT2D eigenvalue weighted by Gasteiger charge is -2.24. The van der Waals surface area contributed by atoms with Crippen LogP contribution in [0.3, 0.4) is 0 Å². The minimum atomic E-state index is -0.918. The number of hydrogen-bond donors (Lipinski definition) is 0. The van der Waals surface area contributed by atoms with Crippen LogP contribution in [0.15, 0.2) is 91.0 Å². The van der Waals surface area contributed by atoms with E-state index in [2.05, 4.69) is 0 Å². The average Bonchev–Trinajstić information content (AvgIpc) is 2.76. The Morgan fingerprint density at radius 2 is 1.31 bits per heavy atom. The quantitative estimate of drug-likeness (QED) is 0.571. The normalized spacial score (nSPS) is 11.5. The van der Waals surface area contributed by atoms with Gasteiger partial charge in [-0.15, -0.1) is 0 Å². The first kappa shape index (κ1) is 20.3. The van der Waals surface area contributed by atoms with Crippen LogP contribution in [0, 0.1) is 0 Å². The predicted molar refractivity (Wildman–Crippen MR) is 109 cm³/mol. The minimum Gasteiger partial charge on any atom is -0.365 e. The van der Waals surface area contributed by atoms with Gasteiger partial charge in [0.2, 0.25) is 0 Å². The van der Waals surface area contributed by atoms with Gasteiger partial charge in [-0.3, -0.25) is 4.79 Å². The molecule has 0 bridgehead atoms. The SMILES string of the molecule is CO[C@H](C(=O)ON(Cc1ccccc1)C(=O)Cc1ccccc1)c1ccccc1. The lowest BCUT2D eigenvalue weighted by atomic mass is 10.1. The molecule has 5 heteroatoms. The number of hydroxylamine groups is 2. The Hall–Kier alpha value is -3.44. The summed E-state index contributed by atoms with van der Waals surface area (Å²) in [7, 11) is 1.44. The molecule has 0 radical (unpaired) electrons. The predicted octanol–water partition coefficient (Wildman–Crippen LogP) is 4.10. The van der Waals surface area contributed by atoms with Crippen LogP contribution in [-0.4, -0.2) is 24.0 Å². The maximum Gasteiger partial charge on any atom is 0.365 e. The fourth-order valence-corrected chi connectivity index (χ4v) is 2.93. The molecule has 5 nitrogen and oxygen atoms in total. The van der Waals surface area contributed by atoms with Crippen molar-refractivity contribution in [2.45, 2.75) is 19.1 Å². The van der Waals surface area contributed by atoms with Gasteiger partial charge in [0.25, 0.3) is 5.91 Å². The largest absolute Gasteiger partial charge is 0.365 e. The highest BCUT2D eigenvalue weighted by molar-refractivity contribution is 5.82. The maximum atomic E-state index is 12.9. The number of ether oxygens (including phenoxy) is 1. The Morgan fingerprint density at radius 3 is 1.86 bits per heavy atom. The molecule has 0 fully saturated rings. The van der Waals surface area contributed by atoms with Crippen LogP contribution in [0.25, 0.3) is 0 Å². The molecule has 0 aromatic heterocycles. The zero-order valence-electron chi connectivity index (χ0n) is 16.2. The summed E-state index contributed by atoms with van der Waals surface area (Å²) in [6.45, 7) is 0.156. The third-order valence-electron chi connectivity index (χ3n) is 4.40. The summed E-state index contributed by atoms with van der Waals surface area (Å²) in [6, 6.07) is 27.8. The van der Waals surface area contributed by atoms with Crippen molar-refractivity contribution in [1.29, 1.82) is 0 Å². The molecule has 1 amide bonds. The van der Waals surface area contributed by atoms with Gasteiger partial charge < -0.3 is 9.57 Å². The summed E-state index contributed by atoms with van der Waals surface area (Å²) in [4.78, 5) is 31.2. The van der Waals surface area contributed by atoms with Crippen LogP contribution in [0.1, 0.15) is 22.8 Å². The molecule has 1 atom stereocenters. The Labute approximate surface area is 170 Å². The third-order valence-corrected chi connectivity index (χ3v) is 4.40. The number of amides is 1. The summed E-state index contributed by atoms with van der Waals surface area (Å²) in [5, 5.41) is 1.11. The van der Waals surface area contributed by atoms with Crippen LogP contribution in [0.4, 0.5) is 0 Å². The van der Waals surface area contributed by atoms with Crippen molar-refractivity contribution in [2.75, 3.05) is 7.11 Å². The fraction of sp³-hybridized carbons (Fsp3) is 0.167. The molecular weight excluding hydrogens is 366 g/mol. The second kappa shape index (κ2) is 10.2. The van der Waals surface area contributed by atoms with E-state index in [4.69, 9.17) is 9.57 Å². The molecule has 3 rings (SSSR count). The van der Waals surface area contributed by atoms with Crippen molar-refractivity contribution in [2.24, 2.45) is 0 Å². The average molecular weight is 389 g/mol. The second-order valence-electron chi connectivity index (χ2n) is 6.52. The summed E-state index contributed by atoms with van der Waals surface area (Å²) in [5.74, 6) is -0.952. The van der Waals surface area contributed by atoms with Gasteiger partial charge in [-0.2, -0.15) is 5.06 Å². The lowest BCUT2D eigenvalue weighted by Crippen LogP contribution is -2.36. The molecule has 148 valence electrons. The molecule has 0 saturated heterocycles. The number of nitrogens with zero attached hydrogens (tertiary/aromatic N) is 1. The Kier molecular flexibility index (Phi) is 7.14. The van der Waals surface area contributed by atoms with Crippen LogP contribution >= 0.6 is 0 Å². The van der Waals surface area contributed by atoms with Gasteiger partial charge in [-0.05, 0) is 16.7 Å². The van der Waals surface area contributed by atoms with Crippen LogP contribution in [0.2, 0.25) is 0 Å². The first-order chi connectivity index (χ1) is 14.2. The van der Waals surface area contributed by atoms with Gasteiger partial charge in [0.05, 0.1) is 13.0 Å². The van der Waals surface area contributed by atoms with E-state index in [-0.39, 0.29) is 18.9 Å². The smallest absolute Gasteiger partial charge is 0.365 e. The highest BCUT2D eigenvalue weighted by atomic mass is 16.7. The van der Waals surface area contributed by atoms with E-state index < -0.39 is 12.1 Å². The standard InChI is InChI=1S/C24H23NO4/c1-28-23(21-15-9-4-10-16-21)24(27)29-25(18-20-13-7-3-8-14-20)22(26)17-19-11-5-2-6-12-19/h2-16,23H,17-18H2,1H3/t23-/m0/s1. The van der Waals surface area contributed by atoms with Crippen molar-refractivity contribution >= 4 is 11.9 Å². The summed E-state index contributed by atoms with van der Waals surface area (Å²) >= 11 is 0. The van der Waals surface area contributed by atoms with Gasteiger partial charge in [-0.25, -0.2) is 4.79 Å². The molecule has 0 spiro atoms. The first-order valence-corrected chi connectivity index (χ1v) is 9.35. The number of benzene rings is 3. The molecule has 0 heterocycles. The number of methoxy groups -OCH3 is 1. The minimum absolute atomic E-state index is 0.129. The molecule has 29 heavy (non-hydrogen) atoms. The Balaban J connectivity index is 1.78. The zero-order valence-corrected chi connectivity index (χ0v) is 16.2. The zero-order chi connectivity index (χ0) is 20.5. The van der Waals surface area contributed by atoms with Gasteiger partial charge in [-0.1, -0.05) is 91.0 Å². The molecule has 3 aromatic rings. The Bertz CT molecular complexity index is 913. The van der Waals surface area contributed by atoms with Crippen molar-refractivity contribution < 1.29 is 19.2 Å². The van der Waals surface area contributed by atoms with Gasteiger partial charge in [0.1, 0.15) is 0 Å². The summed E-state index contributed by atoms with van der Waals surface area (Å²) in [6.07, 6.45) is -0.789. The highest BCUT2D eigenvalue weighted by Gasteiger charge is 2.27. The van der Waals surface area contributed by atoms with Crippen molar-refractivity contribution in [3.05, 3.63) is 108 Å². The number of rotatable bonds is 7. The monoisotopic (exact) mass is 389 g/mol. The van der Waals surface area contributed by atoms with Gasteiger partial charge in [0, 0.05) is 7.11 Å². The maximum absolute atomic E-state index is 12.9. The number of hydrogen-bond acceptors (Lipinski definition) is 4. The van der Waals surface area contributed by atoms with Crippen molar-refractivity contribution in [1.82, 2.24) is 5.06 Å². The summed E-state index contributed by atoms with van der Waals surface area (Å²) < 4.78 is 5.33. The summed E-state index contributed by atoms with van der Waals surface area (Å²) in [5.41, 5.74) is 2.36. The van der Waals surface area contributed by atoms with E-state index >= 15 is 0 Å². The molecule has 0 aliphatic rings. The van der Waals surface area contributed by atoms with Gasteiger partial charge >= 0.3 is 5.97 Å². The number of carbonyl (C=O) groups excluding carboxylic acids is 2. The number of carbonyl (C=O) groups is 2. The van der Waals surface area contributed by atoms with E-state index in [1.807, 2.05) is 78.9 Å². The topological polar surface area (TPSA) is 55.8 Å². The van der Waals surface area contributed by atoms with E-state index in [0.29, 0.717) is 5.56 Å². The van der Waals surface area contributed by atoms with E-state index in [1.54, 1.807) is 12.1 Å². The molecule has 0 aliphatic carbocycles. The molecule has 0 N–H and O–H groups in total. The lowest BCUT2D eigenvalue weighted by molar-refractivity contribution is -0.209. The third kappa shape index (κ3) is 5.77. The van der Waals surface area contributed by atoms with Crippen molar-refractivity contribution in [3.63, 3.8) is 0 Å². The van der Waals surface area contributed by atoms with Gasteiger partial charge in [0.15, 0.2) is 6.10 Å². The fourth-order valence-electron chi connectivity index (χ4n) is 2.93. The van der Waals surface area contributed by atoms with Crippen LogP contribution < -0.4 is 0 Å². The molecular formula is C24H23NO4. The van der Waals surface area contributed by atoms with Crippen LogP contribution in [-0.2, 0) is 32.1 Å².